The van der Waals surface area contributed by atoms with Crippen LogP contribution in [0.4, 0.5) is 13.6 Å². The summed E-state index contributed by atoms with van der Waals surface area (Å²) in [5.41, 5.74) is 0. The zero-order chi connectivity index (χ0) is 14.6. The van der Waals surface area contributed by atoms with Crippen molar-refractivity contribution in [3.8, 4) is 0 Å². The first-order valence-electron chi connectivity index (χ1n) is 6.85. The molecule has 5 heteroatoms. The van der Waals surface area contributed by atoms with Crippen molar-refractivity contribution in [3.05, 3.63) is 0 Å². The Hall–Kier alpha value is -0.870. The molecule has 1 heterocycles. The number of hydrogen-bond acceptors (Lipinski definition) is 2. The molecule has 1 saturated heterocycles. The third-order valence-corrected chi connectivity index (χ3v) is 2.24. The molecule has 0 aromatic rings. The predicted octanol–water partition coefficient (Wildman–Crippen LogP) is 4.32. The van der Waals surface area contributed by atoms with Crippen LogP contribution in [-0.2, 0) is 4.74 Å². The van der Waals surface area contributed by atoms with Crippen LogP contribution in [0.25, 0.3) is 0 Å². The number of hydrogen-bond donors (Lipinski definition) is 0. The average molecular weight is 267 g/mol. The molecule has 0 unspecified atom stereocenters. The van der Waals surface area contributed by atoms with E-state index < -0.39 is 12.0 Å². The summed E-state index contributed by atoms with van der Waals surface area (Å²) < 4.78 is 30.6. The Balaban J connectivity index is 0. The molecule has 0 saturated carbocycles. The van der Waals surface area contributed by atoms with E-state index in [2.05, 4.69) is 0 Å². The van der Waals surface area contributed by atoms with Crippen LogP contribution in [0.3, 0.4) is 0 Å². The van der Waals surface area contributed by atoms with Gasteiger partial charge in [-0.1, -0.05) is 27.7 Å². The number of ether oxygens (including phenoxy) is 1. The molecule has 110 valence electrons. The summed E-state index contributed by atoms with van der Waals surface area (Å²) in [6.07, 6.45) is -0.536. The molecule has 3 nitrogen and oxygen atoms in total. The SMILES string of the molecule is CC.CC.CCOC(=O)N1CCCC(F)(F)CC1. The zero-order valence-corrected chi connectivity index (χ0v) is 12.3. The van der Waals surface area contributed by atoms with Crippen molar-refractivity contribution in [2.45, 2.75) is 59.8 Å². The molecule has 0 N–H and O–H groups in total. The lowest BCUT2D eigenvalue weighted by Crippen LogP contribution is -2.33. The number of likely N-dealkylation sites (tertiary alicyclic amines) is 1. The lowest BCUT2D eigenvalue weighted by Gasteiger charge is -2.19. The van der Waals surface area contributed by atoms with Crippen molar-refractivity contribution in [2.24, 2.45) is 0 Å². The van der Waals surface area contributed by atoms with Gasteiger partial charge in [-0.25, -0.2) is 13.6 Å². The first-order valence-corrected chi connectivity index (χ1v) is 6.85. The van der Waals surface area contributed by atoms with Crippen LogP contribution in [0.5, 0.6) is 0 Å². The van der Waals surface area contributed by atoms with Crippen LogP contribution in [0.2, 0.25) is 0 Å². The molecule has 1 aliphatic rings. The molecular formula is C13H27F2NO2. The molecule has 0 aromatic carbocycles. The van der Waals surface area contributed by atoms with E-state index in [0.717, 1.165) is 0 Å². The summed E-state index contributed by atoms with van der Waals surface area (Å²) in [6, 6.07) is 0. The molecule has 0 bridgehead atoms. The highest BCUT2D eigenvalue weighted by molar-refractivity contribution is 5.67. The van der Waals surface area contributed by atoms with E-state index in [1.54, 1.807) is 6.92 Å². The van der Waals surface area contributed by atoms with Crippen LogP contribution < -0.4 is 0 Å². The van der Waals surface area contributed by atoms with Gasteiger partial charge < -0.3 is 9.64 Å². The second kappa shape index (κ2) is 11.2. The topological polar surface area (TPSA) is 29.5 Å². The highest BCUT2D eigenvalue weighted by atomic mass is 19.3. The van der Waals surface area contributed by atoms with Crippen molar-refractivity contribution < 1.29 is 18.3 Å². The Morgan fingerprint density at radius 2 is 1.72 bits per heavy atom. The van der Waals surface area contributed by atoms with Crippen molar-refractivity contribution in [2.75, 3.05) is 19.7 Å². The zero-order valence-electron chi connectivity index (χ0n) is 12.3. The van der Waals surface area contributed by atoms with Gasteiger partial charge in [-0.3, -0.25) is 0 Å². The molecule has 0 aliphatic carbocycles. The number of alkyl halides is 2. The van der Waals surface area contributed by atoms with Crippen molar-refractivity contribution in [1.82, 2.24) is 4.90 Å². The normalized spacial score (nSPS) is 17.4. The van der Waals surface area contributed by atoms with E-state index in [1.165, 1.54) is 4.90 Å². The molecule has 1 amide bonds. The Bertz CT molecular complexity index is 211. The molecular weight excluding hydrogens is 240 g/mol. The van der Waals surface area contributed by atoms with Crippen molar-refractivity contribution in [1.29, 1.82) is 0 Å². The third kappa shape index (κ3) is 8.25. The lowest BCUT2D eigenvalue weighted by molar-refractivity contribution is -0.0128. The highest BCUT2D eigenvalue weighted by Gasteiger charge is 2.33. The number of carbonyl (C=O) groups is 1. The number of halogens is 2. The van der Waals surface area contributed by atoms with Crippen LogP contribution in [0, 0.1) is 0 Å². The van der Waals surface area contributed by atoms with Gasteiger partial charge >= 0.3 is 6.09 Å². The Morgan fingerprint density at radius 1 is 1.17 bits per heavy atom. The van der Waals surface area contributed by atoms with Crippen LogP contribution in [-0.4, -0.2) is 36.6 Å². The van der Waals surface area contributed by atoms with Gasteiger partial charge in [-0.15, -0.1) is 0 Å². The molecule has 0 atom stereocenters. The Morgan fingerprint density at radius 3 is 2.22 bits per heavy atom. The van der Waals surface area contributed by atoms with E-state index in [9.17, 15) is 13.6 Å². The summed E-state index contributed by atoms with van der Waals surface area (Å²) >= 11 is 0. The smallest absolute Gasteiger partial charge is 0.409 e. The maximum Gasteiger partial charge on any atom is 0.409 e. The molecule has 0 radical (unpaired) electrons. The Labute approximate surface area is 109 Å². The highest BCUT2D eigenvalue weighted by Crippen LogP contribution is 2.27. The van der Waals surface area contributed by atoms with Gasteiger partial charge in [0.05, 0.1) is 6.61 Å². The fourth-order valence-electron chi connectivity index (χ4n) is 1.46. The van der Waals surface area contributed by atoms with Crippen molar-refractivity contribution >= 4 is 6.09 Å². The minimum Gasteiger partial charge on any atom is -0.450 e. The van der Waals surface area contributed by atoms with Gasteiger partial charge in [0.2, 0.25) is 5.92 Å². The lowest BCUT2D eigenvalue weighted by atomic mass is 10.1. The molecule has 0 spiro atoms. The number of amides is 1. The second-order valence-electron chi connectivity index (χ2n) is 3.40. The maximum atomic E-state index is 12.9. The largest absolute Gasteiger partial charge is 0.450 e. The van der Waals surface area contributed by atoms with Gasteiger partial charge in [0, 0.05) is 25.9 Å². The second-order valence-corrected chi connectivity index (χ2v) is 3.40. The number of rotatable bonds is 1. The molecule has 18 heavy (non-hydrogen) atoms. The minimum absolute atomic E-state index is 0.0891. The molecule has 1 fully saturated rings. The summed E-state index contributed by atoms with van der Waals surface area (Å²) in [7, 11) is 0. The van der Waals surface area contributed by atoms with E-state index >= 15 is 0 Å². The van der Waals surface area contributed by atoms with E-state index in [1.807, 2.05) is 27.7 Å². The fraction of sp³-hybridized carbons (Fsp3) is 0.923. The van der Waals surface area contributed by atoms with Crippen LogP contribution >= 0.6 is 0 Å². The van der Waals surface area contributed by atoms with Crippen LogP contribution in [0.1, 0.15) is 53.9 Å². The Kier molecular flexibility index (Phi) is 12.2. The molecule has 1 aliphatic heterocycles. The van der Waals surface area contributed by atoms with E-state index in [-0.39, 0.29) is 26.0 Å². The average Bonchev–Trinajstić information content (AvgIpc) is 2.56. The number of carbonyl (C=O) groups excluding carboxylic acids is 1. The van der Waals surface area contributed by atoms with Gasteiger partial charge in [0.1, 0.15) is 0 Å². The first-order chi connectivity index (χ1) is 8.55. The van der Waals surface area contributed by atoms with E-state index in [0.29, 0.717) is 13.0 Å². The maximum absolute atomic E-state index is 12.9. The summed E-state index contributed by atoms with van der Waals surface area (Å²) in [6.45, 7) is 10.4. The summed E-state index contributed by atoms with van der Waals surface area (Å²) in [4.78, 5) is 12.6. The standard InChI is InChI=1S/C9H15F2NO2.2C2H6/c1-2-14-8(13)12-6-3-4-9(10,11)5-7-12;2*1-2/h2-7H2,1H3;2*1-2H3. The molecule has 1 rings (SSSR count). The summed E-state index contributed by atoms with van der Waals surface area (Å²) in [5.74, 6) is -2.62. The first kappa shape index (κ1) is 19.5. The third-order valence-electron chi connectivity index (χ3n) is 2.24. The van der Waals surface area contributed by atoms with Gasteiger partial charge in [0.25, 0.3) is 0 Å². The minimum atomic E-state index is -2.62. The van der Waals surface area contributed by atoms with Gasteiger partial charge in [-0.2, -0.15) is 0 Å². The van der Waals surface area contributed by atoms with Crippen molar-refractivity contribution in [3.63, 3.8) is 0 Å². The monoisotopic (exact) mass is 267 g/mol. The van der Waals surface area contributed by atoms with Gasteiger partial charge in [0.15, 0.2) is 0 Å². The molecule has 0 aromatic heterocycles. The summed E-state index contributed by atoms with van der Waals surface area (Å²) in [5, 5.41) is 0. The van der Waals surface area contributed by atoms with Crippen LogP contribution in [0.15, 0.2) is 0 Å². The quantitative estimate of drug-likeness (QED) is 0.708. The fourth-order valence-corrected chi connectivity index (χ4v) is 1.46. The predicted molar refractivity (Wildman–Crippen MR) is 70.1 cm³/mol. The number of nitrogens with zero attached hydrogens (tertiary/aromatic N) is 1. The van der Waals surface area contributed by atoms with Gasteiger partial charge in [-0.05, 0) is 13.3 Å². The van der Waals surface area contributed by atoms with E-state index in [4.69, 9.17) is 4.74 Å².